The standard InChI is InChI=1S/C30H25IN2O5S2/c1-4-13-38-27-20(31)15-18(16-21(27)36-3)17-23-28(34)33-26(22-12-9-14-39-22)24(29(35)37-5-2)25(32-30(33)40-23)19-10-7-6-8-11-19/h4,6-12,14-17,26H,1,5,13H2,2-3H3/b23-17-/t26-/m0/s1. The van der Waals surface area contributed by atoms with Crippen molar-refractivity contribution in [3.63, 3.8) is 0 Å². The van der Waals surface area contributed by atoms with Crippen molar-refractivity contribution < 1.29 is 19.0 Å². The van der Waals surface area contributed by atoms with Crippen LogP contribution in [0.15, 0.2) is 88.0 Å². The van der Waals surface area contributed by atoms with Crippen molar-refractivity contribution in [2.24, 2.45) is 4.99 Å². The number of hydrogen-bond donors (Lipinski definition) is 0. The molecule has 0 N–H and O–H groups in total. The number of benzene rings is 2. The Balaban J connectivity index is 1.74. The summed E-state index contributed by atoms with van der Waals surface area (Å²) in [5.74, 6) is 0.679. The quantitative estimate of drug-likeness (QED) is 0.138. The number of hydrogen-bond acceptors (Lipinski definition) is 8. The summed E-state index contributed by atoms with van der Waals surface area (Å²) >= 11 is 4.94. The third-order valence-electron chi connectivity index (χ3n) is 6.08. The molecule has 5 rings (SSSR count). The van der Waals surface area contributed by atoms with Gasteiger partial charge in [0.2, 0.25) is 0 Å². The van der Waals surface area contributed by atoms with E-state index in [9.17, 15) is 9.59 Å². The van der Waals surface area contributed by atoms with Crippen LogP contribution in [0.4, 0.5) is 0 Å². The van der Waals surface area contributed by atoms with Gasteiger partial charge in [-0.1, -0.05) is 60.4 Å². The SMILES string of the molecule is C=CCOc1c(I)cc(/C=c2\sc3n(c2=O)[C@@H](c2cccs2)C(C(=O)OCC)=C(c2ccccc2)N=3)cc1OC. The van der Waals surface area contributed by atoms with Crippen LogP contribution in [0.3, 0.4) is 0 Å². The van der Waals surface area contributed by atoms with E-state index < -0.39 is 12.0 Å². The van der Waals surface area contributed by atoms with Crippen LogP contribution in [0, 0.1) is 3.57 Å². The molecule has 0 bridgehead atoms. The maximum Gasteiger partial charge on any atom is 0.338 e. The smallest absolute Gasteiger partial charge is 0.338 e. The lowest BCUT2D eigenvalue weighted by molar-refractivity contribution is -0.138. The molecule has 204 valence electrons. The van der Waals surface area contributed by atoms with Gasteiger partial charge in [-0.15, -0.1) is 11.3 Å². The van der Waals surface area contributed by atoms with Crippen molar-refractivity contribution in [1.82, 2.24) is 4.57 Å². The van der Waals surface area contributed by atoms with E-state index >= 15 is 0 Å². The van der Waals surface area contributed by atoms with E-state index in [2.05, 4.69) is 29.2 Å². The van der Waals surface area contributed by atoms with Gasteiger partial charge in [-0.2, -0.15) is 0 Å². The second-order valence-electron chi connectivity index (χ2n) is 8.58. The fourth-order valence-electron chi connectivity index (χ4n) is 4.41. The zero-order valence-corrected chi connectivity index (χ0v) is 25.5. The second-order valence-corrected chi connectivity index (χ2v) is 11.7. The van der Waals surface area contributed by atoms with Gasteiger partial charge in [-0.3, -0.25) is 9.36 Å². The Kier molecular flexibility index (Phi) is 8.67. The first-order chi connectivity index (χ1) is 19.5. The maximum absolute atomic E-state index is 14.0. The summed E-state index contributed by atoms with van der Waals surface area (Å²) in [5.41, 5.74) is 2.16. The minimum absolute atomic E-state index is 0.207. The van der Waals surface area contributed by atoms with Crippen molar-refractivity contribution in [2.45, 2.75) is 13.0 Å². The molecule has 1 aliphatic rings. The van der Waals surface area contributed by atoms with E-state index in [0.717, 1.165) is 19.6 Å². The lowest BCUT2D eigenvalue weighted by atomic mass is 9.97. The number of carbonyl (C=O) groups is 1. The number of rotatable bonds is 9. The van der Waals surface area contributed by atoms with E-state index in [-0.39, 0.29) is 12.2 Å². The molecule has 0 fully saturated rings. The molecule has 0 saturated heterocycles. The van der Waals surface area contributed by atoms with Crippen molar-refractivity contribution in [3.8, 4) is 11.5 Å². The number of aromatic nitrogens is 1. The summed E-state index contributed by atoms with van der Waals surface area (Å²) < 4.78 is 19.8. The average Bonchev–Trinajstić information content (AvgIpc) is 3.60. The highest BCUT2D eigenvalue weighted by Crippen LogP contribution is 2.37. The number of nitrogens with zero attached hydrogens (tertiary/aromatic N) is 2. The molecule has 1 aliphatic heterocycles. The number of ether oxygens (including phenoxy) is 3. The molecule has 0 aliphatic carbocycles. The molecule has 7 nitrogen and oxygen atoms in total. The summed E-state index contributed by atoms with van der Waals surface area (Å²) in [6, 6.07) is 16.4. The predicted molar refractivity (Wildman–Crippen MR) is 167 cm³/mol. The topological polar surface area (TPSA) is 79.1 Å². The van der Waals surface area contributed by atoms with Gasteiger partial charge in [0.25, 0.3) is 5.56 Å². The number of thiophene rings is 1. The van der Waals surface area contributed by atoms with Crippen LogP contribution in [0.2, 0.25) is 0 Å². The molecular formula is C30H25IN2O5S2. The predicted octanol–water partition coefficient (Wildman–Crippen LogP) is 5.18. The van der Waals surface area contributed by atoms with Crippen LogP contribution in [-0.4, -0.2) is 30.9 Å². The lowest BCUT2D eigenvalue weighted by Crippen LogP contribution is -2.39. The van der Waals surface area contributed by atoms with E-state index in [1.165, 1.54) is 22.7 Å². The minimum Gasteiger partial charge on any atom is -0.493 e. The largest absolute Gasteiger partial charge is 0.493 e. The summed E-state index contributed by atoms with van der Waals surface area (Å²) in [5, 5.41) is 1.93. The van der Waals surface area contributed by atoms with Gasteiger partial charge in [-0.05, 0) is 64.7 Å². The van der Waals surface area contributed by atoms with E-state index in [1.54, 1.807) is 24.7 Å². The van der Waals surface area contributed by atoms with Crippen LogP contribution < -0.4 is 24.4 Å². The van der Waals surface area contributed by atoms with E-state index in [1.807, 2.05) is 66.1 Å². The molecule has 10 heteroatoms. The molecule has 2 aromatic carbocycles. The number of halogens is 1. The Labute approximate surface area is 252 Å². The first-order valence-electron chi connectivity index (χ1n) is 12.4. The number of fused-ring (bicyclic) bond motifs is 1. The molecule has 40 heavy (non-hydrogen) atoms. The van der Waals surface area contributed by atoms with E-state index in [4.69, 9.17) is 19.2 Å². The minimum atomic E-state index is -0.669. The third kappa shape index (κ3) is 5.43. The highest BCUT2D eigenvalue weighted by molar-refractivity contribution is 14.1. The van der Waals surface area contributed by atoms with Gasteiger partial charge < -0.3 is 14.2 Å². The van der Waals surface area contributed by atoms with Gasteiger partial charge in [0, 0.05) is 10.4 Å². The average molecular weight is 685 g/mol. The van der Waals surface area contributed by atoms with Gasteiger partial charge in [-0.25, -0.2) is 9.79 Å². The highest BCUT2D eigenvalue weighted by Gasteiger charge is 2.35. The van der Waals surface area contributed by atoms with Crippen LogP contribution in [0.5, 0.6) is 11.5 Å². The maximum atomic E-state index is 14.0. The molecule has 0 spiro atoms. The summed E-state index contributed by atoms with van der Waals surface area (Å²) in [6.45, 7) is 6.02. The zero-order valence-electron chi connectivity index (χ0n) is 21.8. The monoisotopic (exact) mass is 684 g/mol. The van der Waals surface area contributed by atoms with E-state index in [0.29, 0.717) is 38.7 Å². The van der Waals surface area contributed by atoms with Gasteiger partial charge >= 0.3 is 5.97 Å². The van der Waals surface area contributed by atoms with Gasteiger partial charge in [0.1, 0.15) is 12.6 Å². The number of thiazole rings is 1. The molecular weight excluding hydrogens is 659 g/mol. The second kappa shape index (κ2) is 12.4. The normalized spacial score (nSPS) is 14.9. The number of methoxy groups -OCH3 is 1. The third-order valence-corrected chi connectivity index (χ3v) is 8.79. The zero-order chi connectivity index (χ0) is 28.2. The first kappa shape index (κ1) is 28.1. The molecule has 2 aromatic heterocycles. The van der Waals surface area contributed by atoms with Crippen LogP contribution in [-0.2, 0) is 9.53 Å². The lowest BCUT2D eigenvalue weighted by Gasteiger charge is -2.24. The number of carbonyl (C=O) groups excluding carboxylic acids is 1. The molecule has 4 aromatic rings. The molecule has 1 atom stereocenters. The Morgan fingerprint density at radius 1 is 1.20 bits per heavy atom. The van der Waals surface area contributed by atoms with Crippen molar-refractivity contribution in [3.05, 3.63) is 117 Å². The highest BCUT2D eigenvalue weighted by atomic mass is 127. The summed E-state index contributed by atoms with van der Waals surface area (Å²) in [6.07, 6.45) is 3.48. The fourth-order valence-corrected chi connectivity index (χ4v) is 7.02. The van der Waals surface area contributed by atoms with Crippen molar-refractivity contribution in [2.75, 3.05) is 20.3 Å². The fraction of sp³-hybridized carbons (Fsp3) is 0.167. The Hall–Kier alpha value is -3.48. The van der Waals surface area contributed by atoms with Crippen LogP contribution in [0.1, 0.15) is 29.0 Å². The first-order valence-corrected chi connectivity index (χ1v) is 15.2. The van der Waals surface area contributed by atoms with Crippen molar-refractivity contribution in [1.29, 1.82) is 0 Å². The summed E-state index contributed by atoms with van der Waals surface area (Å²) in [4.78, 5) is 33.6. The Morgan fingerprint density at radius 2 is 2.00 bits per heavy atom. The molecule has 0 radical (unpaired) electrons. The van der Waals surface area contributed by atoms with Crippen LogP contribution in [0.25, 0.3) is 11.8 Å². The summed E-state index contributed by atoms with van der Waals surface area (Å²) in [7, 11) is 1.58. The molecule has 0 saturated carbocycles. The number of esters is 1. The molecule has 3 heterocycles. The molecule has 0 amide bonds. The molecule has 0 unspecified atom stereocenters. The van der Waals surface area contributed by atoms with Gasteiger partial charge in [0.15, 0.2) is 16.3 Å². The Bertz CT molecular complexity index is 1770. The van der Waals surface area contributed by atoms with Crippen LogP contribution >= 0.6 is 45.3 Å². The Morgan fingerprint density at radius 3 is 2.67 bits per heavy atom. The van der Waals surface area contributed by atoms with Crippen molar-refractivity contribution >= 4 is 63.0 Å². The van der Waals surface area contributed by atoms with Gasteiger partial charge in [0.05, 0.1) is 33.1 Å².